The molecule has 0 bridgehead atoms. The van der Waals surface area contributed by atoms with Gasteiger partial charge in [-0.1, -0.05) is 146 Å². The van der Waals surface area contributed by atoms with Crippen LogP contribution in [0.4, 0.5) is 0 Å². The molecule has 0 amide bonds. The minimum atomic E-state index is 1.14. The van der Waals surface area contributed by atoms with E-state index < -0.39 is 0 Å². The number of rotatable bonds is 5. The quantitative estimate of drug-likeness (QED) is 0.171. The molecule has 2 heteroatoms. The molecule has 0 saturated carbocycles. The maximum absolute atomic E-state index is 2.48. The van der Waals surface area contributed by atoms with Crippen LogP contribution >= 0.6 is 0 Å². The van der Waals surface area contributed by atoms with Crippen molar-refractivity contribution in [2.24, 2.45) is 0 Å². The molecule has 0 saturated heterocycles. The van der Waals surface area contributed by atoms with E-state index in [9.17, 15) is 0 Å². The van der Waals surface area contributed by atoms with E-state index >= 15 is 0 Å². The Morgan fingerprint density at radius 2 is 0.778 bits per heavy atom. The normalized spacial score (nSPS) is 11.7. The van der Waals surface area contributed by atoms with Gasteiger partial charge in [0.25, 0.3) is 0 Å². The maximum Gasteiger partial charge on any atom is 0.0641 e. The van der Waals surface area contributed by atoms with E-state index in [1.54, 1.807) is 0 Å². The summed E-state index contributed by atoms with van der Waals surface area (Å²) in [4.78, 5) is 0. The Labute approximate surface area is 313 Å². The Morgan fingerprint density at radius 1 is 0.259 bits per heavy atom. The van der Waals surface area contributed by atoms with Crippen LogP contribution < -0.4 is 0 Å². The fraction of sp³-hybridized carbons (Fsp3) is 0. The van der Waals surface area contributed by atoms with Crippen molar-refractivity contribution in [2.75, 3.05) is 0 Å². The van der Waals surface area contributed by atoms with Crippen molar-refractivity contribution >= 4 is 54.4 Å². The van der Waals surface area contributed by atoms with E-state index in [1.807, 2.05) is 0 Å². The summed E-state index contributed by atoms with van der Waals surface area (Å²) in [5.41, 5.74) is 14.4. The summed E-state index contributed by atoms with van der Waals surface area (Å²) in [5.74, 6) is 0. The molecular weight excluding hydrogens is 653 g/mol. The lowest BCUT2D eigenvalue weighted by atomic mass is 9.93. The second-order valence-corrected chi connectivity index (χ2v) is 14.2. The molecule has 9 aromatic carbocycles. The van der Waals surface area contributed by atoms with Crippen LogP contribution in [0.25, 0.3) is 99.1 Å². The Balaban J connectivity index is 1.12. The molecule has 0 atom stereocenters. The zero-order valence-electron chi connectivity index (χ0n) is 29.5. The van der Waals surface area contributed by atoms with Crippen molar-refractivity contribution in [2.45, 2.75) is 0 Å². The smallest absolute Gasteiger partial charge is 0.0641 e. The Kier molecular flexibility index (Phi) is 6.90. The number of fused-ring (bicyclic) bond motifs is 8. The summed E-state index contributed by atoms with van der Waals surface area (Å²) in [6.07, 6.45) is 0. The average Bonchev–Trinajstić information content (AvgIpc) is 3.77. The third-order valence-corrected chi connectivity index (χ3v) is 11.1. The second kappa shape index (κ2) is 12.2. The van der Waals surface area contributed by atoms with Crippen LogP contribution in [0.5, 0.6) is 0 Å². The Bertz CT molecular complexity index is 3130. The highest BCUT2D eigenvalue weighted by atomic mass is 15.0. The first-order valence-corrected chi connectivity index (χ1v) is 18.6. The zero-order valence-corrected chi connectivity index (χ0v) is 29.5. The number of benzene rings is 9. The van der Waals surface area contributed by atoms with Crippen LogP contribution in [0.1, 0.15) is 0 Å². The number of aromatic nitrogens is 2. The molecule has 0 radical (unpaired) electrons. The molecule has 252 valence electrons. The summed E-state index contributed by atoms with van der Waals surface area (Å²) in [5, 5.41) is 7.51. The van der Waals surface area contributed by atoms with Crippen molar-refractivity contribution in [1.82, 2.24) is 9.13 Å². The van der Waals surface area contributed by atoms with Gasteiger partial charge in [-0.05, 0) is 105 Å². The van der Waals surface area contributed by atoms with E-state index in [2.05, 4.69) is 215 Å². The van der Waals surface area contributed by atoms with Gasteiger partial charge in [0.2, 0.25) is 0 Å². The minimum absolute atomic E-state index is 1.14. The standard InChI is InChI=1S/C52H34N2/c1-3-13-35(14-4-1)40-31-41(36-15-5-2-6-16-36)33-42(32-40)38-23-26-43(27-24-38)53-49-22-12-10-20-47(49)51-50(53)30-29-46-45-19-9-11-21-48(45)54(52(46)51)44-28-25-37-17-7-8-18-39(37)34-44/h1-34H. The number of nitrogens with zero attached hydrogens (tertiary/aromatic N) is 2. The van der Waals surface area contributed by atoms with Crippen LogP contribution in [0.2, 0.25) is 0 Å². The maximum atomic E-state index is 2.48. The van der Waals surface area contributed by atoms with Gasteiger partial charge < -0.3 is 9.13 Å². The van der Waals surface area contributed by atoms with Crippen LogP contribution in [0, 0.1) is 0 Å². The van der Waals surface area contributed by atoms with Gasteiger partial charge >= 0.3 is 0 Å². The van der Waals surface area contributed by atoms with E-state index in [0.717, 1.165) is 5.69 Å². The molecule has 2 heterocycles. The van der Waals surface area contributed by atoms with Gasteiger partial charge in [-0.3, -0.25) is 0 Å². The number of hydrogen-bond donors (Lipinski definition) is 0. The third kappa shape index (κ3) is 4.81. The highest BCUT2D eigenvalue weighted by Crippen LogP contribution is 2.42. The molecule has 0 aliphatic carbocycles. The lowest BCUT2D eigenvalue weighted by molar-refractivity contribution is 1.18. The number of hydrogen-bond acceptors (Lipinski definition) is 0. The topological polar surface area (TPSA) is 9.86 Å². The van der Waals surface area contributed by atoms with Gasteiger partial charge in [-0.15, -0.1) is 0 Å². The van der Waals surface area contributed by atoms with Gasteiger partial charge in [0, 0.05) is 32.9 Å². The van der Waals surface area contributed by atoms with Gasteiger partial charge in [-0.2, -0.15) is 0 Å². The average molecular weight is 687 g/mol. The van der Waals surface area contributed by atoms with Gasteiger partial charge in [-0.25, -0.2) is 0 Å². The van der Waals surface area contributed by atoms with Crippen LogP contribution in [-0.4, -0.2) is 9.13 Å². The SMILES string of the molecule is c1ccc(-c2cc(-c3ccccc3)cc(-c3ccc(-n4c5ccccc5c5c4ccc4c6ccccc6n(-c6ccc7ccccc7c6)c45)cc3)c2)cc1. The van der Waals surface area contributed by atoms with Crippen LogP contribution in [0.3, 0.4) is 0 Å². The highest BCUT2D eigenvalue weighted by Gasteiger charge is 2.21. The van der Waals surface area contributed by atoms with Crippen LogP contribution in [0.15, 0.2) is 206 Å². The first kappa shape index (κ1) is 30.5. The highest BCUT2D eigenvalue weighted by molar-refractivity contribution is 6.26. The summed E-state index contributed by atoms with van der Waals surface area (Å²) in [7, 11) is 0. The molecule has 0 spiro atoms. The lowest BCUT2D eigenvalue weighted by Crippen LogP contribution is -1.95. The van der Waals surface area contributed by atoms with Gasteiger partial charge in [0.05, 0.1) is 22.1 Å². The minimum Gasteiger partial charge on any atom is -0.309 e. The number of para-hydroxylation sites is 2. The second-order valence-electron chi connectivity index (χ2n) is 14.2. The monoisotopic (exact) mass is 686 g/mol. The predicted octanol–water partition coefficient (Wildman–Crippen LogP) is 14.0. The molecule has 54 heavy (non-hydrogen) atoms. The fourth-order valence-electron chi connectivity index (χ4n) is 8.56. The van der Waals surface area contributed by atoms with Crippen molar-refractivity contribution in [3.63, 3.8) is 0 Å². The lowest BCUT2D eigenvalue weighted by Gasteiger charge is -2.13. The molecule has 2 nitrogen and oxygen atoms in total. The molecule has 11 rings (SSSR count). The summed E-state index contributed by atoms with van der Waals surface area (Å²) >= 11 is 0. The van der Waals surface area contributed by atoms with E-state index in [4.69, 9.17) is 0 Å². The van der Waals surface area contributed by atoms with Crippen molar-refractivity contribution < 1.29 is 0 Å². The van der Waals surface area contributed by atoms with Gasteiger partial charge in [0.1, 0.15) is 0 Å². The van der Waals surface area contributed by atoms with E-state index in [1.165, 1.54) is 93.5 Å². The van der Waals surface area contributed by atoms with E-state index in [-0.39, 0.29) is 0 Å². The Morgan fingerprint density at radius 3 is 1.44 bits per heavy atom. The third-order valence-electron chi connectivity index (χ3n) is 11.1. The largest absolute Gasteiger partial charge is 0.309 e. The van der Waals surface area contributed by atoms with Crippen molar-refractivity contribution in [1.29, 1.82) is 0 Å². The van der Waals surface area contributed by atoms with Crippen LogP contribution in [-0.2, 0) is 0 Å². The fourth-order valence-corrected chi connectivity index (χ4v) is 8.56. The molecule has 2 aromatic heterocycles. The molecule has 0 unspecified atom stereocenters. The predicted molar refractivity (Wildman–Crippen MR) is 229 cm³/mol. The molecule has 0 aliphatic heterocycles. The zero-order chi connectivity index (χ0) is 35.6. The van der Waals surface area contributed by atoms with Crippen molar-refractivity contribution in [3.05, 3.63) is 206 Å². The Hall–Kier alpha value is -7.16. The van der Waals surface area contributed by atoms with Crippen molar-refractivity contribution in [3.8, 4) is 44.8 Å². The van der Waals surface area contributed by atoms with E-state index in [0.29, 0.717) is 0 Å². The van der Waals surface area contributed by atoms with Gasteiger partial charge in [0.15, 0.2) is 0 Å². The molecule has 0 aliphatic rings. The molecule has 0 N–H and O–H groups in total. The first-order valence-electron chi connectivity index (χ1n) is 18.6. The molecular formula is C52H34N2. The summed E-state index contributed by atoms with van der Waals surface area (Å²) in [6, 6.07) is 75.2. The summed E-state index contributed by atoms with van der Waals surface area (Å²) in [6.45, 7) is 0. The first-order chi connectivity index (χ1) is 26.8. The summed E-state index contributed by atoms with van der Waals surface area (Å²) < 4.78 is 4.91. The molecule has 0 fully saturated rings. The molecule has 11 aromatic rings.